The van der Waals surface area contributed by atoms with Gasteiger partial charge in [0.25, 0.3) is 5.91 Å². The van der Waals surface area contributed by atoms with Gasteiger partial charge in [-0.05, 0) is 31.4 Å². The number of ether oxygens (including phenoxy) is 2. The summed E-state index contributed by atoms with van der Waals surface area (Å²) >= 11 is 0. The Hall–Kier alpha value is -1.55. The molecule has 1 aliphatic rings. The molecule has 0 aliphatic carbocycles. The van der Waals surface area contributed by atoms with Crippen LogP contribution >= 0.6 is 0 Å². The van der Waals surface area contributed by atoms with Crippen LogP contribution in [0.3, 0.4) is 0 Å². The molecule has 1 saturated heterocycles. The monoisotopic (exact) mass is 249 g/mol. The van der Waals surface area contributed by atoms with Gasteiger partial charge >= 0.3 is 0 Å². The van der Waals surface area contributed by atoms with E-state index in [4.69, 9.17) is 9.47 Å². The Bertz CT molecular complexity index is 425. The van der Waals surface area contributed by atoms with E-state index in [1.807, 2.05) is 19.1 Å². The first-order valence-corrected chi connectivity index (χ1v) is 6.25. The van der Waals surface area contributed by atoms with Crippen molar-refractivity contribution in [2.45, 2.75) is 25.9 Å². The number of nitrogens with one attached hydrogen (secondary N) is 1. The Kier molecular flexibility index (Phi) is 4.20. The van der Waals surface area contributed by atoms with E-state index >= 15 is 0 Å². The second-order valence-electron chi connectivity index (χ2n) is 4.50. The highest BCUT2D eigenvalue weighted by Gasteiger charge is 2.18. The summed E-state index contributed by atoms with van der Waals surface area (Å²) in [6, 6.07) is 5.56. The van der Waals surface area contributed by atoms with Gasteiger partial charge in [0.15, 0.2) is 0 Å². The predicted octanol–water partition coefficient (Wildman–Crippen LogP) is 1.91. The molecule has 0 saturated carbocycles. The molecule has 0 radical (unpaired) electrons. The number of methoxy groups -OCH3 is 1. The third-order valence-corrected chi connectivity index (χ3v) is 3.17. The molecule has 1 heterocycles. The Morgan fingerprint density at radius 2 is 2.39 bits per heavy atom. The number of para-hydroxylation sites is 1. The maximum atomic E-state index is 12.1. The van der Waals surface area contributed by atoms with E-state index in [-0.39, 0.29) is 12.0 Å². The molecule has 18 heavy (non-hydrogen) atoms. The minimum absolute atomic E-state index is 0.106. The molecule has 2 rings (SSSR count). The summed E-state index contributed by atoms with van der Waals surface area (Å²) in [6.45, 7) is 3.29. The van der Waals surface area contributed by atoms with E-state index in [1.165, 1.54) is 0 Å². The van der Waals surface area contributed by atoms with Gasteiger partial charge < -0.3 is 14.8 Å². The summed E-state index contributed by atoms with van der Waals surface area (Å²) in [5.74, 6) is 0.536. The number of carbonyl (C=O) groups excluding carboxylic acids is 1. The zero-order valence-electron chi connectivity index (χ0n) is 10.9. The van der Waals surface area contributed by atoms with Gasteiger partial charge in [0.2, 0.25) is 0 Å². The summed E-state index contributed by atoms with van der Waals surface area (Å²) in [5, 5.41) is 2.90. The first-order chi connectivity index (χ1) is 8.72. The molecule has 1 aromatic rings. The molecule has 1 N–H and O–H groups in total. The maximum Gasteiger partial charge on any atom is 0.255 e. The first-order valence-electron chi connectivity index (χ1n) is 6.25. The zero-order chi connectivity index (χ0) is 13.0. The highest BCUT2D eigenvalue weighted by molar-refractivity contribution is 5.97. The van der Waals surface area contributed by atoms with Crippen molar-refractivity contribution < 1.29 is 14.3 Å². The van der Waals surface area contributed by atoms with E-state index in [9.17, 15) is 4.79 Å². The molecule has 1 amide bonds. The van der Waals surface area contributed by atoms with Crippen molar-refractivity contribution in [2.24, 2.45) is 0 Å². The number of hydrogen-bond acceptors (Lipinski definition) is 3. The molecule has 1 fully saturated rings. The summed E-state index contributed by atoms with van der Waals surface area (Å²) in [6.07, 6.45) is 2.25. The van der Waals surface area contributed by atoms with Crippen LogP contribution < -0.4 is 10.1 Å². The summed E-state index contributed by atoms with van der Waals surface area (Å²) in [5.41, 5.74) is 1.54. The largest absolute Gasteiger partial charge is 0.496 e. The molecule has 4 heteroatoms. The highest BCUT2D eigenvalue weighted by Crippen LogP contribution is 2.22. The molecule has 0 aromatic heterocycles. The minimum atomic E-state index is -0.106. The Morgan fingerprint density at radius 1 is 1.56 bits per heavy atom. The zero-order valence-corrected chi connectivity index (χ0v) is 10.9. The molecule has 98 valence electrons. The average molecular weight is 249 g/mol. The second-order valence-corrected chi connectivity index (χ2v) is 4.50. The smallest absolute Gasteiger partial charge is 0.255 e. The lowest BCUT2D eigenvalue weighted by Gasteiger charge is -2.13. The predicted molar refractivity (Wildman–Crippen MR) is 69.0 cm³/mol. The van der Waals surface area contributed by atoms with Gasteiger partial charge in [-0.15, -0.1) is 0 Å². The fourth-order valence-electron chi connectivity index (χ4n) is 2.21. The van der Waals surface area contributed by atoms with Crippen LogP contribution in [0.15, 0.2) is 18.2 Å². The third kappa shape index (κ3) is 2.82. The van der Waals surface area contributed by atoms with E-state index < -0.39 is 0 Å². The molecule has 1 atom stereocenters. The molecule has 0 unspecified atom stereocenters. The average Bonchev–Trinajstić information content (AvgIpc) is 2.88. The first kappa shape index (κ1) is 12.9. The minimum Gasteiger partial charge on any atom is -0.496 e. The lowest BCUT2D eigenvalue weighted by Crippen LogP contribution is -2.32. The van der Waals surface area contributed by atoms with Gasteiger partial charge in [0.1, 0.15) is 5.75 Å². The number of carbonyl (C=O) groups is 1. The van der Waals surface area contributed by atoms with Crippen LogP contribution in [0.4, 0.5) is 0 Å². The fourth-order valence-corrected chi connectivity index (χ4v) is 2.21. The van der Waals surface area contributed by atoms with Crippen LogP contribution in [-0.2, 0) is 4.74 Å². The lowest BCUT2D eigenvalue weighted by molar-refractivity contribution is 0.0855. The lowest BCUT2D eigenvalue weighted by atomic mass is 10.1. The molecule has 4 nitrogen and oxygen atoms in total. The Morgan fingerprint density at radius 3 is 3.06 bits per heavy atom. The van der Waals surface area contributed by atoms with Gasteiger partial charge in [-0.3, -0.25) is 4.79 Å². The van der Waals surface area contributed by atoms with Crippen molar-refractivity contribution in [1.82, 2.24) is 5.32 Å². The summed E-state index contributed by atoms with van der Waals surface area (Å²) < 4.78 is 10.8. The summed E-state index contributed by atoms with van der Waals surface area (Å²) in [4.78, 5) is 12.1. The quantitative estimate of drug-likeness (QED) is 0.886. The van der Waals surface area contributed by atoms with Crippen molar-refractivity contribution in [3.63, 3.8) is 0 Å². The topological polar surface area (TPSA) is 47.6 Å². The molecule has 1 aromatic carbocycles. The molecular weight excluding hydrogens is 230 g/mol. The van der Waals surface area contributed by atoms with Gasteiger partial charge in [-0.25, -0.2) is 0 Å². The highest BCUT2D eigenvalue weighted by atomic mass is 16.5. The van der Waals surface area contributed by atoms with E-state index in [0.29, 0.717) is 17.9 Å². The summed E-state index contributed by atoms with van der Waals surface area (Å²) in [7, 11) is 1.58. The molecule has 0 bridgehead atoms. The van der Waals surface area contributed by atoms with E-state index in [2.05, 4.69) is 5.32 Å². The Balaban J connectivity index is 2.01. The number of benzene rings is 1. The van der Waals surface area contributed by atoms with Crippen LogP contribution in [0.1, 0.15) is 28.8 Å². The van der Waals surface area contributed by atoms with Gasteiger partial charge in [-0.1, -0.05) is 12.1 Å². The molecule has 1 aliphatic heterocycles. The van der Waals surface area contributed by atoms with Gasteiger partial charge in [-0.2, -0.15) is 0 Å². The number of aryl methyl sites for hydroxylation is 1. The number of hydrogen-bond donors (Lipinski definition) is 1. The van der Waals surface area contributed by atoms with Crippen molar-refractivity contribution in [3.8, 4) is 5.75 Å². The normalized spacial score (nSPS) is 18.7. The number of amides is 1. The van der Waals surface area contributed by atoms with E-state index in [1.54, 1.807) is 13.2 Å². The molecular formula is C14H19NO3. The van der Waals surface area contributed by atoms with Crippen molar-refractivity contribution >= 4 is 5.91 Å². The SMILES string of the molecule is COc1c(C)cccc1C(=O)NC[C@H]1CCCO1. The number of rotatable bonds is 4. The standard InChI is InChI=1S/C14H19NO3/c1-10-5-3-7-12(13(10)17-2)14(16)15-9-11-6-4-8-18-11/h3,5,7,11H,4,6,8-9H2,1-2H3,(H,15,16)/t11-/m1/s1. The van der Waals surface area contributed by atoms with Crippen LogP contribution in [0, 0.1) is 6.92 Å². The maximum absolute atomic E-state index is 12.1. The second kappa shape index (κ2) is 5.87. The van der Waals surface area contributed by atoms with Crippen molar-refractivity contribution in [3.05, 3.63) is 29.3 Å². The van der Waals surface area contributed by atoms with Gasteiger partial charge in [0.05, 0.1) is 18.8 Å². The van der Waals surface area contributed by atoms with Crippen LogP contribution in [0.25, 0.3) is 0 Å². The Labute approximate surface area is 107 Å². The van der Waals surface area contributed by atoms with Crippen LogP contribution in [0.2, 0.25) is 0 Å². The fraction of sp³-hybridized carbons (Fsp3) is 0.500. The van der Waals surface area contributed by atoms with Crippen molar-refractivity contribution in [2.75, 3.05) is 20.3 Å². The van der Waals surface area contributed by atoms with E-state index in [0.717, 1.165) is 25.0 Å². The van der Waals surface area contributed by atoms with Gasteiger partial charge in [0, 0.05) is 13.2 Å². The third-order valence-electron chi connectivity index (χ3n) is 3.17. The van der Waals surface area contributed by atoms with Crippen LogP contribution in [0.5, 0.6) is 5.75 Å². The van der Waals surface area contributed by atoms with Crippen molar-refractivity contribution in [1.29, 1.82) is 0 Å². The molecule has 0 spiro atoms. The van der Waals surface area contributed by atoms with Crippen LogP contribution in [-0.4, -0.2) is 32.3 Å².